The maximum atomic E-state index is 14.8. The van der Waals surface area contributed by atoms with E-state index in [4.69, 9.17) is 28.7 Å². The van der Waals surface area contributed by atoms with Crippen LogP contribution in [0, 0.1) is 35.5 Å². The topological polar surface area (TPSA) is 618 Å². The molecular weight excluding hydrogens is 1440 g/mol. The van der Waals surface area contributed by atoms with Gasteiger partial charge in [-0.1, -0.05) is 89.5 Å². The van der Waals surface area contributed by atoms with Gasteiger partial charge in [0.25, 0.3) is 0 Å². The molecule has 1 aromatic rings. The van der Waals surface area contributed by atoms with Gasteiger partial charge in [0.1, 0.15) is 72.5 Å². The van der Waals surface area contributed by atoms with Crippen LogP contribution in [0.15, 0.2) is 17.5 Å². The first kappa shape index (κ1) is 97.9. The summed E-state index contributed by atoms with van der Waals surface area (Å²) in [5, 5.41) is 61.2. The van der Waals surface area contributed by atoms with Crippen molar-refractivity contribution in [3.05, 3.63) is 18.2 Å². The van der Waals surface area contributed by atoms with Crippen LogP contribution in [0.3, 0.4) is 0 Å². The van der Waals surface area contributed by atoms with Crippen molar-refractivity contribution in [1.29, 1.82) is 0 Å². The molecule has 0 unspecified atom stereocenters. The van der Waals surface area contributed by atoms with Gasteiger partial charge in [0.15, 0.2) is 5.96 Å². The summed E-state index contributed by atoms with van der Waals surface area (Å²) >= 11 is 0. The fourth-order valence-electron chi connectivity index (χ4n) is 12.3. The first-order valence-electron chi connectivity index (χ1n) is 38.8. The van der Waals surface area contributed by atoms with Crippen LogP contribution in [-0.4, -0.2) is 243 Å². The number of aromatic amines is 1. The van der Waals surface area contributed by atoms with E-state index in [1.807, 2.05) is 27.7 Å². The number of aliphatic hydroxyl groups excluding tert-OH is 2. The Bertz CT molecular complexity index is 3190. The van der Waals surface area contributed by atoms with E-state index in [0.29, 0.717) is 37.8 Å². The smallest absolute Gasteiger partial charge is 0.328 e. The molecule has 2 rings (SSSR count). The summed E-state index contributed by atoms with van der Waals surface area (Å²) in [6, 6.07) is -17.3. The minimum atomic E-state index is -1.80. The van der Waals surface area contributed by atoms with E-state index in [9.17, 15) is 82.4 Å². The van der Waals surface area contributed by atoms with Crippen LogP contribution in [-0.2, 0) is 73.5 Å². The van der Waals surface area contributed by atoms with Gasteiger partial charge in [0.2, 0.25) is 76.8 Å². The predicted octanol–water partition coefficient (Wildman–Crippen LogP) is -3.62. The molecule has 13 amide bonds. The van der Waals surface area contributed by atoms with Gasteiger partial charge in [-0.2, -0.15) is 0 Å². The first-order chi connectivity index (χ1) is 52.2. The normalized spacial score (nSPS) is 16.6. The van der Waals surface area contributed by atoms with Crippen molar-refractivity contribution in [2.24, 2.45) is 69.2 Å². The summed E-state index contributed by atoms with van der Waals surface area (Å²) in [4.78, 5) is 208. The van der Waals surface area contributed by atoms with Gasteiger partial charge in [-0.3, -0.25) is 67.3 Å². The second kappa shape index (κ2) is 50.7. The summed E-state index contributed by atoms with van der Waals surface area (Å²) in [5.74, 6) is -13.8. The Morgan fingerprint density at radius 3 is 1.44 bits per heavy atom. The molecule has 1 fully saturated rings. The standard InChI is InChI=1S/C73H131N21O17/c1-14-43(12)57(76)68(106)90-53(32-41(8)9)71(109)94-28-20-24-55(94)67(105)86-47(22-16-18-26-75)62(100)92-58(42(10)11)69(107)89-51(31-40(6)7)65(103)87-52(33-45-34-79-37-82-45)66(104)85-46(21-15-17-25-74)61(99)84-48(23-19-27-80-73(77)78)63(101)93-59(44(13)96)70(108)88-49(29-38(2)3)60(98)81-35-56(97)83-50(30-39(4)5)64(102)91-54(36-95)72(110)111/h34,37-44,46-55,57-59,95-96H,14-33,35-36,74-76H2,1-13H3,(H,79,82)(H,81,98)(H,83,97)(H,84,99)(H,85,104)(H,86,105)(H,87,103)(H,88,108)(H,89,107)(H,90,106)(H,91,102)(H,92,100)(H,93,101)(H,110,111)(H4,77,78,80)/t43-,44+,46-,47-,48-,49-,50-,51-,52-,53-,54-,55-,57-,58-,59-/m0/s1. The number of rotatable bonds is 53. The minimum absolute atomic E-state index is 0.00938. The second-order valence-electron chi connectivity index (χ2n) is 30.7. The Balaban J connectivity index is 2.51. The molecule has 1 aliphatic heterocycles. The molecule has 1 saturated heterocycles. The number of hydrogen-bond acceptors (Lipinski definition) is 21. The molecule has 1 aliphatic rings. The lowest BCUT2D eigenvalue weighted by Crippen LogP contribution is -2.62. The highest BCUT2D eigenvalue weighted by atomic mass is 16.4. The Hall–Kier alpha value is -9.14. The van der Waals surface area contributed by atoms with Crippen LogP contribution in [0.25, 0.3) is 0 Å². The average Bonchev–Trinajstić information content (AvgIpc) is 1.68. The fourth-order valence-corrected chi connectivity index (χ4v) is 12.3. The van der Waals surface area contributed by atoms with Crippen LogP contribution in [0.4, 0.5) is 0 Å². The number of aliphatic carboxylic acids is 1. The van der Waals surface area contributed by atoms with Gasteiger partial charge in [-0.05, 0) is 145 Å². The average molecular weight is 1570 g/mol. The number of nitrogens with two attached hydrogens (primary N) is 5. The fraction of sp³-hybridized carbons (Fsp3) is 0.753. The van der Waals surface area contributed by atoms with Gasteiger partial charge < -0.3 is 118 Å². The number of likely N-dealkylation sites (tertiary alicyclic amines) is 1. The van der Waals surface area contributed by atoms with Crippen molar-refractivity contribution < 1.29 is 82.4 Å². The van der Waals surface area contributed by atoms with E-state index in [0.717, 1.165) is 0 Å². The third-order valence-electron chi connectivity index (χ3n) is 18.6. The number of H-pyrrole nitrogens is 1. The first-order valence-corrected chi connectivity index (χ1v) is 38.8. The number of carbonyl (C=O) groups excluding carboxylic acids is 13. The molecule has 0 radical (unpaired) electrons. The number of aromatic nitrogens is 2. The molecule has 0 aromatic carbocycles. The Morgan fingerprint density at radius 1 is 0.541 bits per heavy atom. The lowest BCUT2D eigenvalue weighted by molar-refractivity contribution is -0.143. The summed E-state index contributed by atoms with van der Waals surface area (Å²) in [7, 11) is 0. The third-order valence-corrected chi connectivity index (χ3v) is 18.6. The van der Waals surface area contributed by atoms with E-state index < -0.39 is 186 Å². The summed E-state index contributed by atoms with van der Waals surface area (Å²) in [6.07, 6.45) is 3.83. The van der Waals surface area contributed by atoms with Crippen molar-refractivity contribution in [3.63, 3.8) is 0 Å². The van der Waals surface area contributed by atoms with Crippen molar-refractivity contribution >= 4 is 88.7 Å². The zero-order chi connectivity index (χ0) is 83.9. The maximum Gasteiger partial charge on any atom is 0.328 e. The summed E-state index contributed by atoms with van der Waals surface area (Å²) in [6.45, 7) is 21.5. The molecule has 26 N–H and O–H groups in total. The number of imidazole rings is 1. The van der Waals surface area contributed by atoms with Crippen LogP contribution < -0.4 is 92.5 Å². The number of guanidine groups is 1. The predicted molar refractivity (Wildman–Crippen MR) is 413 cm³/mol. The molecule has 2 heterocycles. The van der Waals surface area contributed by atoms with E-state index in [1.165, 1.54) is 24.3 Å². The Labute approximate surface area is 651 Å². The number of hydrogen-bond donors (Lipinski definition) is 21. The minimum Gasteiger partial charge on any atom is -0.480 e. The van der Waals surface area contributed by atoms with E-state index in [2.05, 4.69) is 78.8 Å². The SMILES string of the molecule is CC[C@H](C)[C@H](N)C(=O)N[C@@H](CC(C)C)C(=O)N1CCC[C@H]1C(=O)N[C@@H](CCCCN)C(=O)N[C@H](C(=O)N[C@@H](CC(C)C)C(=O)N[C@@H](Cc1cnc[nH]1)C(=O)N[C@@H](CCCCN)C(=O)N[C@@H](CCCN=C(N)N)C(=O)N[C@H](C(=O)N[C@@H](CC(C)C)C(=O)NCC(=O)N[C@@H](CC(C)C)C(=O)N[C@@H](CO)C(=O)O)[C@@H](C)O)C(C)C. The Kier molecular flexibility index (Phi) is 44.7. The van der Waals surface area contributed by atoms with E-state index >= 15 is 0 Å². The molecule has 0 spiro atoms. The lowest BCUT2D eigenvalue weighted by atomic mass is 9.97. The molecule has 15 atom stereocenters. The molecule has 1 aromatic heterocycles. The number of aliphatic hydroxyl groups is 2. The van der Waals surface area contributed by atoms with Crippen molar-refractivity contribution in [2.45, 2.75) is 277 Å². The zero-order valence-corrected chi connectivity index (χ0v) is 67.0. The second-order valence-corrected chi connectivity index (χ2v) is 30.7. The van der Waals surface area contributed by atoms with E-state index in [-0.39, 0.29) is 132 Å². The van der Waals surface area contributed by atoms with Gasteiger partial charge in [-0.15, -0.1) is 0 Å². The number of carboxylic acids is 1. The highest BCUT2D eigenvalue weighted by Gasteiger charge is 2.42. The molecule has 0 aliphatic carbocycles. The molecule has 630 valence electrons. The highest BCUT2D eigenvalue weighted by molar-refractivity contribution is 6.00. The molecule has 38 heteroatoms. The summed E-state index contributed by atoms with van der Waals surface area (Å²) in [5.41, 5.74) is 29.5. The van der Waals surface area contributed by atoms with Gasteiger partial charge >= 0.3 is 5.97 Å². The zero-order valence-electron chi connectivity index (χ0n) is 67.0. The van der Waals surface area contributed by atoms with Crippen molar-refractivity contribution in [2.75, 3.05) is 39.3 Å². The van der Waals surface area contributed by atoms with Crippen LogP contribution in [0.1, 0.15) is 192 Å². The number of nitrogens with one attached hydrogen (secondary N) is 13. The van der Waals surface area contributed by atoms with Gasteiger partial charge in [0, 0.05) is 31.4 Å². The third kappa shape index (κ3) is 35.8. The monoisotopic (exact) mass is 1570 g/mol. The number of carboxylic acid groups (broad SMARTS) is 1. The number of aliphatic imine (C=N–C) groups is 1. The maximum absolute atomic E-state index is 14.8. The van der Waals surface area contributed by atoms with Crippen LogP contribution in [0.2, 0.25) is 0 Å². The molecular formula is C73H131N21O17. The molecule has 0 saturated carbocycles. The van der Waals surface area contributed by atoms with Crippen molar-refractivity contribution in [3.8, 4) is 0 Å². The molecule has 111 heavy (non-hydrogen) atoms. The largest absolute Gasteiger partial charge is 0.480 e. The number of unbranched alkanes of at least 4 members (excludes halogenated alkanes) is 2. The van der Waals surface area contributed by atoms with Crippen LogP contribution >= 0.6 is 0 Å². The van der Waals surface area contributed by atoms with Crippen LogP contribution in [0.5, 0.6) is 0 Å². The Morgan fingerprint density at radius 2 is 0.973 bits per heavy atom. The number of amides is 13. The van der Waals surface area contributed by atoms with E-state index in [1.54, 1.807) is 55.4 Å². The lowest BCUT2D eigenvalue weighted by Gasteiger charge is -2.32. The van der Waals surface area contributed by atoms with Gasteiger partial charge in [0.05, 0.1) is 31.6 Å². The molecule has 38 nitrogen and oxygen atoms in total. The number of nitrogens with zero attached hydrogens (tertiary/aromatic N) is 3. The summed E-state index contributed by atoms with van der Waals surface area (Å²) < 4.78 is 0. The van der Waals surface area contributed by atoms with Gasteiger partial charge in [-0.25, -0.2) is 9.78 Å². The molecule has 0 bridgehead atoms. The highest BCUT2D eigenvalue weighted by Crippen LogP contribution is 2.23. The van der Waals surface area contributed by atoms with Crippen molar-refractivity contribution in [1.82, 2.24) is 78.7 Å². The quantitative estimate of drug-likeness (QED) is 0.0170. The number of carbonyl (C=O) groups is 14.